The van der Waals surface area contributed by atoms with E-state index in [1.165, 1.54) is 11.3 Å². The molecule has 19 heavy (non-hydrogen) atoms. The Balaban J connectivity index is 2.14. The van der Waals surface area contributed by atoms with Crippen molar-refractivity contribution in [2.24, 2.45) is 0 Å². The highest BCUT2D eigenvalue weighted by atomic mass is 79.9. The molecule has 0 amide bonds. The predicted octanol–water partition coefficient (Wildman–Crippen LogP) is 4.84. The molecular formula is C12H10BrF3N2S. The summed E-state index contributed by atoms with van der Waals surface area (Å²) in [6.07, 6.45) is -4.35. The van der Waals surface area contributed by atoms with Gasteiger partial charge >= 0.3 is 6.18 Å². The van der Waals surface area contributed by atoms with Crippen LogP contribution in [0.15, 0.2) is 28.1 Å². The molecule has 2 nitrogen and oxygen atoms in total. The fraction of sp³-hybridized carbons (Fsp3) is 0.250. The van der Waals surface area contributed by atoms with E-state index in [1.807, 2.05) is 12.3 Å². The lowest BCUT2D eigenvalue weighted by atomic mass is 10.2. The second-order valence-electron chi connectivity index (χ2n) is 3.94. The molecule has 2 rings (SSSR count). The van der Waals surface area contributed by atoms with Crippen molar-refractivity contribution in [2.45, 2.75) is 19.6 Å². The van der Waals surface area contributed by atoms with E-state index in [0.29, 0.717) is 16.7 Å². The lowest BCUT2D eigenvalue weighted by molar-refractivity contribution is -0.137. The van der Waals surface area contributed by atoms with Crippen LogP contribution in [0.25, 0.3) is 0 Å². The Morgan fingerprint density at radius 2 is 2.05 bits per heavy atom. The number of halogens is 4. The van der Waals surface area contributed by atoms with E-state index in [0.717, 1.165) is 22.8 Å². The Hall–Kier alpha value is -1.08. The topological polar surface area (TPSA) is 24.9 Å². The summed E-state index contributed by atoms with van der Waals surface area (Å²) in [5.41, 5.74) is 0.544. The van der Waals surface area contributed by atoms with Gasteiger partial charge in [-0.2, -0.15) is 13.2 Å². The van der Waals surface area contributed by atoms with Crippen molar-refractivity contribution in [2.75, 3.05) is 5.32 Å². The predicted molar refractivity (Wildman–Crippen MR) is 73.3 cm³/mol. The van der Waals surface area contributed by atoms with Gasteiger partial charge in [-0.25, -0.2) is 4.98 Å². The molecule has 7 heteroatoms. The first-order valence-corrected chi connectivity index (χ1v) is 7.04. The van der Waals surface area contributed by atoms with Gasteiger partial charge in [0.2, 0.25) is 0 Å². The molecule has 0 saturated heterocycles. The van der Waals surface area contributed by atoms with Gasteiger partial charge in [-0.3, -0.25) is 0 Å². The summed E-state index contributed by atoms with van der Waals surface area (Å²) in [7, 11) is 0. The van der Waals surface area contributed by atoms with E-state index in [4.69, 9.17) is 0 Å². The van der Waals surface area contributed by atoms with Gasteiger partial charge in [0, 0.05) is 15.5 Å². The zero-order valence-electron chi connectivity index (χ0n) is 9.88. The Morgan fingerprint density at radius 1 is 1.32 bits per heavy atom. The average Bonchev–Trinajstić information content (AvgIpc) is 2.71. The minimum atomic E-state index is -4.35. The Labute approximate surface area is 120 Å². The maximum absolute atomic E-state index is 12.7. The van der Waals surface area contributed by atoms with Crippen LogP contribution in [0.2, 0.25) is 0 Å². The van der Waals surface area contributed by atoms with Gasteiger partial charge in [-0.1, -0.05) is 15.9 Å². The number of benzene rings is 1. The number of hydrogen-bond donors (Lipinski definition) is 1. The third-order valence-corrected chi connectivity index (χ3v) is 3.65. The smallest absolute Gasteiger partial charge is 0.379 e. The molecule has 0 unspecified atom stereocenters. The molecule has 0 fully saturated rings. The molecule has 2 aromatic rings. The normalized spacial score (nSPS) is 11.6. The molecule has 1 N–H and O–H groups in total. The number of aryl methyl sites for hydroxylation is 1. The quantitative estimate of drug-likeness (QED) is 0.856. The van der Waals surface area contributed by atoms with Crippen LogP contribution in [0.1, 0.15) is 16.3 Å². The van der Waals surface area contributed by atoms with Crippen LogP contribution in [0.5, 0.6) is 0 Å². The zero-order chi connectivity index (χ0) is 14.0. The summed E-state index contributed by atoms with van der Waals surface area (Å²) in [5.74, 6) is 0. The van der Waals surface area contributed by atoms with Crippen molar-refractivity contribution in [1.82, 2.24) is 4.98 Å². The van der Waals surface area contributed by atoms with Crippen LogP contribution < -0.4 is 5.32 Å². The standard InChI is InChI=1S/C12H10BrF3N2S/c1-7-18-11(6-19-7)5-17-10-3-8(12(14,15)16)2-9(13)4-10/h2-4,6,17H,5H2,1H3. The van der Waals surface area contributed by atoms with Crippen LogP contribution >= 0.6 is 27.3 Å². The van der Waals surface area contributed by atoms with Gasteiger partial charge in [0.1, 0.15) is 0 Å². The van der Waals surface area contributed by atoms with Gasteiger partial charge < -0.3 is 5.32 Å². The number of aromatic nitrogens is 1. The Morgan fingerprint density at radius 3 is 2.63 bits per heavy atom. The van der Waals surface area contributed by atoms with Crippen LogP contribution in [0, 0.1) is 6.92 Å². The largest absolute Gasteiger partial charge is 0.416 e. The maximum atomic E-state index is 12.7. The molecule has 0 aliphatic heterocycles. The van der Waals surface area contributed by atoms with E-state index in [1.54, 1.807) is 6.07 Å². The van der Waals surface area contributed by atoms with Crippen LogP contribution in [-0.4, -0.2) is 4.98 Å². The third-order valence-electron chi connectivity index (χ3n) is 2.37. The third kappa shape index (κ3) is 3.94. The van der Waals surface area contributed by atoms with Gasteiger partial charge in [-0.15, -0.1) is 11.3 Å². The van der Waals surface area contributed by atoms with E-state index >= 15 is 0 Å². The first-order chi connectivity index (χ1) is 8.84. The zero-order valence-corrected chi connectivity index (χ0v) is 12.3. The highest BCUT2D eigenvalue weighted by Gasteiger charge is 2.31. The Kier molecular flexibility index (Phi) is 4.15. The number of hydrogen-bond acceptors (Lipinski definition) is 3. The minimum absolute atomic E-state index is 0.388. The Bertz CT molecular complexity index is 581. The fourth-order valence-corrected chi connectivity index (χ4v) is 2.64. The van der Waals surface area contributed by atoms with Crippen molar-refractivity contribution in [1.29, 1.82) is 0 Å². The van der Waals surface area contributed by atoms with Crippen molar-refractivity contribution in [3.8, 4) is 0 Å². The summed E-state index contributed by atoms with van der Waals surface area (Å²) in [4.78, 5) is 4.24. The molecular weight excluding hydrogens is 341 g/mol. The molecule has 0 saturated carbocycles. The molecule has 1 aromatic heterocycles. The maximum Gasteiger partial charge on any atom is 0.416 e. The summed E-state index contributed by atoms with van der Waals surface area (Å²) >= 11 is 4.59. The molecule has 0 spiro atoms. The monoisotopic (exact) mass is 350 g/mol. The molecule has 1 heterocycles. The second kappa shape index (κ2) is 5.50. The van der Waals surface area contributed by atoms with E-state index in [9.17, 15) is 13.2 Å². The molecule has 0 aliphatic carbocycles. The number of rotatable bonds is 3. The number of thiazole rings is 1. The number of alkyl halides is 3. The summed E-state index contributed by atoms with van der Waals surface area (Å²) in [6, 6.07) is 3.75. The first-order valence-electron chi connectivity index (χ1n) is 5.37. The number of nitrogens with zero attached hydrogens (tertiary/aromatic N) is 1. The second-order valence-corrected chi connectivity index (χ2v) is 5.92. The molecule has 0 bridgehead atoms. The van der Waals surface area contributed by atoms with Crippen molar-refractivity contribution in [3.63, 3.8) is 0 Å². The fourth-order valence-electron chi connectivity index (χ4n) is 1.54. The number of anilines is 1. The van der Waals surface area contributed by atoms with E-state index < -0.39 is 11.7 Å². The van der Waals surface area contributed by atoms with Crippen molar-refractivity contribution < 1.29 is 13.2 Å². The summed E-state index contributed by atoms with van der Waals surface area (Å²) < 4.78 is 38.4. The van der Waals surface area contributed by atoms with Crippen LogP contribution in [-0.2, 0) is 12.7 Å². The van der Waals surface area contributed by atoms with Gasteiger partial charge in [0.05, 0.1) is 22.8 Å². The minimum Gasteiger partial charge on any atom is -0.379 e. The molecule has 0 radical (unpaired) electrons. The van der Waals surface area contributed by atoms with Gasteiger partial charge in [0.25, 0.3) is 0 Å². The van der Waals surface area contributed by atoms with Crippen molar-refractivity contribution in [3.05, 3.63) is 44.3 Å². The van der Waals surface area contributed by atoms with Crippen LogP contribution in [0.3, 0.4) is 0 Å². The SMILES string of the molecule is Cc1nc(CNc2cc(Br)cc(C(F)(F)F)c2)cs1. The molecule has 102 valence electrons. The highest BCUT2D eigenvalue weighted by Crippen LogP contribution is 2.33. The lowest BCUT2D eigenvalue weighted by Gasteiger charge is -2.11. The highest BCUT2D eigenvalue weighted by molar-refractivity contribution is 9.10. The molecule has 0 atom stereocenters. The molecule has 1 aromatic carbocycles. The van der Waals surface area contributed by atoms with Gasteiger partial charge in [0.15, 0.2) is 0 Å². The lowest BCUT2D eigenvalue weighted by Crippen LogP contribution is -2.07. The molecule has 0 aliphatic rings. The summed E-state index contributed by atoms with van der Waals surface area (Å²) in [6.45, 7) is 2.28. The van der Waals surface area contributed by atoms with Crippen LogP contribution in [0.4, 0.5) is 18.9 Å². The average molecular weight is 351 g/mol. The van der Waals surface area contributed by atoms with E-state index in [2.05, 4.69) is 26.2 Å². The first kappa shape index (κ1) is 14.3. The van der Waals surface area contributed by atoms with Gasteiger partial charge in [-0.05, 0) is 25.1 Å². The number of nitrogens with one attached hydrogen (secondary N) is 1. The summed E-state index contributed by atoms with van der Waals surface area (Å²) in [5, 5.41) is 5.75. The van der Waals surface area contributed by atoms with E-state index in [-0.39, 0.29) is 0 Å². The van der Waals surface area contributed by atoms with Crippen molar-refractivity contribution >= 4 is 33.0 Å².